The summed E-state index contributed by atoms with van der Waals surface area (Å²) in [6.45, 7) is 11.0. The number of halogens is 6. The molecule has 0 amide bonds. The number of alkyl halides is 6. The van der Waals surface area contributed by atoms with Crippen LogP contribution in [0, 0.1) is 13.8 Å². The maximum absolute atomic E-state index is 13.7. The highest BCUT2D eigenvalue weighted by Gasteiger charge is 2.35. The lowest BCUT2D eigenvalue weighted by Gasteiger charge is -2.18. The molecule has 0 unspecified atom stereocenters. The molecule has 0 saturated heterocycles. The third kappa shape index (κ3) is 13.4. The molecule has 2 N–H and O–H groups in total. The Morgan fingerprint density at radius 2 is 0.962 bits per heavy atom. The van der Waals surface area contributed by atoms with E-state index >= 15 is 0 Å². The number of aromatic nitrogens is 2. The van der Waals surface area contributed by atoms with Crippen molar-refractivity contribution in [3.8, 4) is 33.8 Å². The number of carboxylic acid groups (broad SMARTS) is 1. The molecule has 0 radical (unpaired) electrons. The molecule has 0 aliphatic rings. The highest BCUT2D eigenvalue weighted by Crippen LogP contribution is 2.43. The molecule has 0 aliphatic carbocycles. The molecule has 8 rings (SSSR count). The summed E-state index contributed by atoms with van der Waals surface area (Å²) < 4.78 is 137. The first-order chi connectivity index (χ1) is 36.8. The number of aromatic hydroxyl groups is 1. The van der Waals surface area contributed by atoms with Crippen molar-refractivity contribution >= 4 is 53.8 Å². The van der Waals surface area contributed by atoms with Crippen LogP contribution >= 0.6 is 0 Å². The van der Waals surface area contributed by atoms with Crippen molar-refractivity contribution in [2.24, 2.45) is 0 Å². The molecular weight excluding hydrogens is 1070 g/mol. The van der Waals surface area contributed by atoms with E-state index in [1.165, 1.54) is 95.2 Å². The number of carboxylic acids is 1. The number of para-hydroxylation sites is 2. The van der Waals surface area contributed by atoms with Gasteiger partial charge in [-0.2, -0.15) is 26.3 Å². The molecule has 416 valence electrons. The number of phenols is 1. The van der Waals surface area contributed by atoms with Crippen LogP contribution in [0.25, 0.3) is 44.1 Å². The molecular formula is C58H56F6N4O9S2. The van der Waals surface area contributed by atoms with E-state index in [2.05, 4.69) is 9.97 Å². The van der Waals surface area contributed by atoms with E-state index in [1.54, 1.807) is 68.4 Å². The summed E-state index contributed by atoms with van der Waals surface area (Å²) in [6.07, 6.45) is -6.09. The Morgan fingerprint density at radius 1 is 0.557 bits per heavy atom. The first kappa shape index (κ1) is 60.5. The molecule has 8 aromatic rings. The Hall–Kier alpha value is -7.72. The summed E-state index contributed by atoms with van der Waals surface area (Å²) in [5, 5.41) is 19.4. The smallest absolute Gasteiger partial charge is 0.418 e. The zero-order valence-electron chi connectivity index (χ0n) is 44.5. The van der Waals surface area contributed by atoms with Crippen molar-refractivity contribution in [1.29, 1.82) is 0 Å². The minimum absolute atomic E-state index is 0.00271. The number of fused-ring (bicyclic) bond motifs is 2. The third-order valence-electron chi connectivity index (χ3n) is 12.6. The number of hydrogen-bond donors (Lipinski definition) is 2. The standard InChI is InChI=1S/C29H27F3N2O4S.C19H16F3NO.C10H13NO4S/c1-17(2)24-16-33-27-22(10-7-11-25(27)29(30,31)32)26(24)19-8-6-9-20(14-19)38-28(35)23-15-21(13-12-18(23)3)39(36,37)34(4)5;1-11(2)15-10-23-18-14(7-4-8-16(18)19(20,21)22)17(15)12-5-3-6-13(24)9-12;1-7-4-5-8(6-9(7)10(12)13)16(14,15)11(2)3/h6-17H,1-5H3;3-11,24H,1-2H3;4-6H,1-3H3,(H,12,13). The highest BCUT2D eigenvalue weighted by atomic mass is 32.2. The minimum Gasteiger partial charge on any atom is -0.508 e. The van der Waals surface area contributed by atoms with Crippen LogP contribution in [0.15, 0.2) is 144 Å². The van der Waals surface area contributed by atoms with Crippen molar-refractivity contribution in [2.75, 3.05) is 28.2 Å². The number of aromatic carboxylic acids is 1. The SMILES string of the molecule is CC(C)c1cnc2c(C(F)(F)F)cccc2c1-c1cccc(O)c1.Cc1ccc(S(=O)(=O)N(C)C)cc1C(=O)O.Cc1ccc(S(=O)(=O)N(C)C)cc1C(=O)Oc1cccc(-c2c(C(C)C)cnc3c(C(F)(F)F)cccc23)c1. The minimum atomic E-state index is -4.58. The maximum Gasteiger partial charge on any atom is 0.418 e. The fourth-order valence-corrected chi connectivity index (χ4v) is 10.2. The molecule has 0 spiro atoms. The van der Waals surface area contributed by atoms with Gasteiger partial charge >= 0.3 is 24.3 Å². The number of sulfonamides is 2. The normalized spacial score (nSPS) is 12.2. The van der Waals surface area contributed by atoms with E-state index in [0.717, 1.165) is 31.9 Å². The number of phenolic OH excluding ortho intramolecular Hbond substituents is 1. The van der Waals surface area contributed by atoms with E-state index in [-0.39, 0.29) is 55.3 Å². The molecule has 0 atom stereocenters. The van der Waals surface area contributed by atoms with Gasteiger partial charge in [0.05, 0.1) is 43.1 Å². The lowest BCUT2D eigenvalue weighted by atomic mass is 9.90. The number of benzene rings is 6. The van der Waals surface area contributed by atoms with Crippen molar-refractivity contribution in [2.45, 2.75) is 75.5 Å². The molecule has 21 heteroatoms. The van der Waals surface area contributed by atoms with Crippen LogP contribution in [0.3, 0.4) is 0 Å². The Labute approximate surface area is 453 Å². The summed E-state index contributed by atoms with van der Waals surface area (Å²) in [5.41, 5.74) is 3.36. The number of carbonyl (C=O) groups excluding carboxylic acids is 1. The number of nitrogens with zero attached hydrogens (tertiary/aromatic N) is 4. The summed E-state index contributed by atoms with van der Waals surface area (Å²) >= 11 is 0. The van der Waals surface area contributed by atoms with Crippen LogP contribution in [0.1, 0.15) is 93.6 Å². The van der Waals surface area contributed by atoms with Crippen LogP contribution in [-0.4, -0.2) is 85.8 Å². The van der Waals surface area contributed by atoms with Crippen molar-refractivity contribution in [3.63, 3.8) is 0 Å². The monoisotopic (exact) mass is 1130 g/mol. The first-order valence-electron chi connectivity index (χ1n) is 24.2. The molecule has 0 bridgehead atoms. The van der Waals surface area contributed by atoms with E-state index in [4.69, 9.17) is 9.84 Å². The number of pyridine rings is 2. The van der Waals surface area contributed by atoms with Gasteiger partial charge in [-0.1, -0.05) is 88.4 Å². The van der Waals surface area contributed by atoms with Crippen molar-refractivity contribution in [1.82, 2.24) is 18.6 Å². The molecule has 0 fully saturated rings. The number of esters is 1. The number of rotatable bonds is 11. The Morgan fingerprint density at radius 3 is 1.37 bits per heavy atom. The van der Waals surface area contributed by atoms with Crippen molar-refractivity contribution < 1.29 is 67.7 Å². The van der Waals surface area contributed by atoms with Gasteiger partial charge in [-0.3, -0.25) is 9.97 Å². The third-order valence-corrected chi connectivity index (χ3v) is 16.2. The van der Waals surface area contributed by atoms with Gasteiger partial charge < -0.3 is 14.9 Å². The predicted molar refractivity (Wildman–Crippen MR) is 290 cm³/mol. The van der Waals surface area contributed by atoms with E-state index in [9.17, 15) is 57.9 Å². The summed E-state index contributed by atoms with van der Waals surface area (Å²) in [4.78, 5) is 32.2. The van der Waals surface area contributed by atoms with Crippen molar-refractivity contribution in [3.05, 3.63) is 178 Å². The van der Waals surface area contributed by atoms with Crippen LogP contribution in [0.2, 0.25) is 0 Å². The lowest BCUT2D eigenvalue weighted by molar-refractivity contribution is -0.137. The molecule has 2 heterocycles. The Kier molecular flexibility index (Phi) is 18.2. The summed E-state index contributed by atoms with van der Waals surface area (Å²) in [7, 11) is -1.77. The average molecular weight is 1130 g/mol. The van der Waals surface area contributed by atoms with Gasteiger partial charge in [0.1, 0.15) is 11.5 Å². The Balaban J connectivity index is 0.000000213. The average Bonchev–Trinajstić information content (AvgIpc) is 3.44. The molecule has 2 aromatic heterocycles. The van der Waals surface area contributed by atoms with Crippen LogP contribution in [-0.2, 0) is 32.4 Å². The molecule has 0 aliphatic heterocycles. The van der Waals surface area contributed by atoms with Gasteiger partial charge in [-0.25, -0.2) is 35.0 Å². The summed E-state index contributed by atoms with van der Waals surface area (Å²) in [5.74, 6) is -1.64. The first-order valence-corrected chi connectivity index (χ1v) is 27.0. The van der Waals surface area contributed by atoms with Gasteiger partial charge in [0.2, 0.25) is 20.0 Å². The molecule has 6 aromatic carbocycles. The van der Waals surface area contributed by atoms with Gasteiger partial charge in [0.15, 0.2) is 0 Å². The van der Waals surface area contributed by atoms with E-state index in [1.807, 2.05) is 27.7 Å². The quantitative estimate of drug-likeness (QED) is 0.0713. The molecule has 79 heavy (non-hydrogen) atoms. The largest absolute Gasteiger partial charge is 0.508 e. The fourth-order valence-electron chi connectivity index (χ4n) is 8.39. The highest BCUT2D eigenvalue weighted by molar-refractivity contribution is 7.89. The van der Waals surface area contributed by atoms with Crippen LogP contribution in [0.4, 0.5) is 26.3 Å². The van der Waals surface area contributed by atoms with E-state index in [0.29, 0.717) is 44.2 Å². The number of hydrogen-bond acceptors (Lipinski definition) is 10. The number of ether oxygens (including phenoxy) is 1. The topological polar surface area (TPSA) is 184 Å². The zero-order chi connectivity index (χ0) is 58.7. The number of aryl methyl sites for hydroxylation is 2. The predicted octanol–water partition coefficient (Wildman–Crippen LogP) is 13.5. The second kappa shape index (κ2) is 23.7. The van der Waals surface area contributed by atoms with Gasteiger partial charge in [0, 0.05) is 51.4 Å². The maximum atomic E-state index is 13.7. The summed E-state index contributed by atoms with van der Waals surface area (Å²) in [6, 6.07) is 29.3. The second-order valence-electron chi connectivity index (χ2n) is 19.2. The lowest BCUT2D eigenvalue weighted by Crippen LogP contribution is -2.23. The van der Waals surface area contributed by atoms with Crippen LogP contribution in [0.5, 0.6) is 11.5 Å². The van der Waals surface area contributed by atoms with Gasteiger partial charge in [0.25, 0.3) is 0 Å². The fraction of sp³-hybridized carbons (Fsp3) is 0.241. The van der Waals surface area contributed by atoms with Crippen LogP contribution < -0.4 is 4.74 Å². The van der Waals surface area contributed by atoms with E-state index < -0.39 is 55.5 Å². The molecule has 0 saturated carbocycles. The zero-order valence-corrected chi connectivity index (χ0v) is 46.1. The van der Waals surface area contributed by atoms with Gasteiger partial charge in [-0.15, -0.1) is 0 Å². The molecule has 13 nitrogen and oxygen atoms in total. The van der Waals surface area contributed by atoms with Gasteiger partial charge in [-0.05, 0) is 131 Å². The second-order valence-corrected chi connectivity index (χ2v) is 23.5. The number of carbonyl (C=O) groups is 2. The Bertz CT molecular complexity index is 3850.